The van der Waals surface area contributed by atoms with Gasteiger partial charge in [0.25, 0.3) is 0 Å². The van der Waals surface area contributed by atoms with Crippen LogP contribution in [-0.2, 0) is 4.79 Å². The molecule has 1 aliphatic heterocycles. The monoisotopic (exact) mass is 143 g/mol. The van der Waals surface area contributed by atoms with Crippen molar-refractivity contribution in [2.75, 3.05) is 26.7 Å². The number of likely N-dealkylation sites (N-methyl/N-ethyl adjacent to an activating group) is 1. The third kappa shape index (κ3) is 1.68. The highest BCUT2D eigenvalue weighted by Gasteiger charge is 2.20. The number of primary amides is 1. The Labute approximate surface area is 60.4 Å². The minimum absolute atomic E-state index is 0.154. The molecule has 1 amide bonds. The van der Waals surface area contributed by atoms with Crippen LogP contribution in [0.3, 0.4) is 0 Å². The number of amides is 1. The lowest BCUT2D eigenvalue weighted by atomic mass is 10.2. The minimum atomic E-state index is -0.258. The molecule has 3 N–H and O–H groups in total. The number of nitrogens with one attached hydrogen (secondary N) is 1. The molecular weight excluding hydrogens is 130 g/mol. The highest BCUT2D eigenvalue weighted by atomic mass is 16.1. The first-order chi connectivity index (χ1) is 4.70. The molecule has 0 aliphatic carbocycles. The number of rotatable bonds is 1. The van der Waals surface area contributed by atoms with E-state index in [1.165, 1.54) is 0 Å². The van der Waals surface area contributed by atoms with Gasteiger partial charge in [-0.15, -0.1) is 0 Å². The predicted octanol–water partition coefficient (Wildman–Crippen LogP) is -1.62. The van der Waals surface area contributed by atoms with Crippen molar-refractivity contribution in [2.24, 2.45) is 5.73 Å². The molecule has 4 nitrogen and oxygen atoms in total. The van der Waals surface area contributed by atoms with Crippen molar-refractivity contribution < 1.29 is 4.79 Å². The van der Waals surface area contributed by atoms with E-state index in [1.807, 2.05) is 7.05 Å². The summed E-state index contributed by atoms with van der Waals surface area (Å²) in [7, 11) is 1.98. The molecule has 10 heavy (non-hydrogen) atoms. The molecule has 1 rings (SSSR count). The Morgan fingerprint density at radius 1 is 1.80 bits per heavy atom. The average molecular weight is 143 g/mol. The summed E-state index contributed by atoms with van der Waals surface area (Å²) in [6.07, 6.45) is 0. The molecule has 0 aromatic carbocycles. The molecule has 0 unspecified atom stereocenters. The predicted molar refractivity (Wildman–Crippen MR) is 38.5 cm³/mol. The quantitative estimate of drug-likeness (QED) is 0.463. The Morgan fingerprint density at radius 2 is 2.50 bits per heavy atom. The molecule has 1 aliphatic rings. The van der Waals surface area contributed by atoms with Gasteiger partial charge in [0.15, 0.2) is 0 Å². The molecule has 0 aromatic heterocycles. The van der Waals surface area contributed by atoms with E-state index < -0.39 is 0 Å². The van der Waals surface area contributed by atoms with Crippen molar-refractivity contribution in [1.29, 1.82) is 0 Å². The summed E-state index contributed by atoms with van der Waals surface area (Å²) in [5, 5.41) is 3.03. The zero-order valence-electron chi connectivity index (χ0n) is 6.13. The van der Waals surface area contributed by atoms with E-state index >= 15 is 0 Å². The van der Waals surface area contributed by atoms with E-state index in [2.05, 4.69) is 10.2 Å². The summed E-state index contributed by atoms with van der Waals surface area (Å²) in [4.78, 5) is 12.7. The molecule has 4 heteroatoms. The molecule has 1 atom stereocenters. The Kier molecular flexibility index (Phi) is 2.24. The number of nitrogens with two attached hydrogens (primary N) is 1. The van der Waals surface area contributed by atoms with Crippen LogP contribution in [0.15, 0.2) is 0 Å². The molecule has 1 saturated heterocycles. The Balaban J connectivity index is 2.39. The second-order valence-electron chi connectivity index (χ2n) is 2.67. The smallest absolute Gasteiger partial charge is 0.235 e. The van der Waals surface area contributed by atoms with E-state index in [0.29, 0.717) is 0 Å². The summed E-state index contributed by atoms with van der Waals surface area (Å²) < 4.78 is 0. The van der Waals surface area contributed by atoms with Gasteiger partial charge in [0.2, 0.25) is 5.91 Å². The average Bonchev–Trinajstić information content (AvgIpc) is 1.88. The van der Waals surface area contributed by atoms with Crippen LogP contribution in [0.25, 0.3) is 0 Å². The molecular formula is C6H13N3O. The van der Waals surface area contributed by atoms with Gasteiger partial charge >= 0.3 is 0 Å². The third-order valence-corrected chi connectivity index (χ3v) is 1.72. The Bertz CT molecular complexity index is 137. The van der Waals surface area contributed by atoms with Crippen molar-refractivity contribution in [3.63, 3.8) is 0 Å². The number of carbonyl (C=O) groups is 1. The summed E-state index contributed by atoms with van der Waals surface area (Å²) >= 11 is 0. The van der Waals surface area contributed by atoms with E-state index in [4.69, 9.17) is 5.73 Å². The first-order valence-electron chi connectivity index (χ1n) is 3.41. The van der Waals surface area contributed by atoms with Crippen molar-refractivity contribution in [1.82, 2.24) is 10.2 Å². The van der Waals surface area contributed by atoms with Gasteiger partial charge in [-0.05, 0) is 7.05 Å². The van der Waals surface area contributed by atoms with Gasteiger partial charge in [-0.3, -0.25) is 4.79 Å². The minimum Gasteiger partial charge on any atom is -0.368 e. The van der Waals surface area contributed by atoms with Crippen LogP contribution >= 0.6 is 0 Å². The van der Waals surface area contributed by atoms with Gasteiger partial charge < -0.3 is 16.0 Å². The maximum absolute atomic E-state index is 10.6. The van der Waals surface area contributed by atoms with Crippen molar-refractivity contribution in [3.8, 4) is 0 Å². The lowest BCUT2D eigenvalue weighted by Gasteiger charge is -2.28. The number of carbonyl (C=O) groups excluding carboxylic acids is 1. The standard InChI is InChI=1S/C6H13N3O/c1-9-3-2-8-5(4-9)6(7)10/h5,8H,2-4H2,1H3,(H2,7,10)/t5-/m1/s1. The van der Waals surface area contributed by atoms with Crippen LogP contribution in [-0.4, -0.2) is 43.5 Å². The number of hydrogen-bond donors (Lipinski definition) is 2. The summed E-state index contributed by atoms with van der Waals surface area (Å²) in [5.74, 6) is -0.258. The van der Waals surface area contributed by atoms with Crippen LogP contribution in [0.5, 0.6) is 0 Å². The van der Waals surface area contributed by atoms with E-state index in [0.717, 1.165) is 19.6 Å². The third-order valence-electron chi connectivity index (χ3n) is 1.72. The normalized spacial score (nSPS) is 28.3. The van der Waals surface area contributed by atoms with Gasteiger partial charge in [0.05, 0.1) is 6.04 Å². The molecule has 0 aromatic rings. The van der Waals surface area contributed by atoms with Crippen LogP contribution in [0.2, 0.25) is 0 Å². The van der Waals surface area contributed by atoms with Crippen LogP contribution < -0.4 is 11.1 Å². The van der Waals surface area contributed by atoms with Crippen molar-refractivity contribution >= 4 is 5.91 Å². The fourth-order valence-corrected chi connectivity index (χ4v) is 1.09. The first-order valence-corrected chi connectivity index (χ1v) is 3.41. The van der Waals surface area contributed by atoms with Crippen LogP contribution in [0.4, 0.5) is 0 Å². The Morgan fingerprint density at radius 3 is 2.90 bits per heavy atom. The molecule has 0 radical (unpaired) electrons. The second-order valence-corrected chi connectivity index (χ2v) is 2.67. The van der Waals surface area contributed by atoms with Gasteiger partial charge in [0.1, 0.15) is 0 Å². The van der Waals surface area contributed by atoms with Crippen LogP contribution in [0.1, 0.15) is 0 Å². The number of nitrogens with zero attached hydrogens (tertiary/aromatic N) is 1. The lowest BCUT2D eigenvalue weighted by molar-refractivity contribution is -0.120. The fourth-order valence-electron chi connectivity index (χ4n) is 1.09. The lowest BCUT2D eigenvalue weighted by Crippen LogP contribution is -2.54. The van der Waals surface area contributed by atoms with Crippen molar-refractivity contribution in [3.05, 3.63) is 0 Å². The summed E-state index contributed by atoms with van der Waals surface area (Å²) in [6, 6.07) is -0.154. The summed E-state index contributed by atoms with van der Waals surface area (Å²) in [6.45, 7) is 2.57. The second kappa shape index (κ2) is 2.98. The highest BCUT2D eigenvalue weighted by molar-refractivity contribution is 5.80. The van der Waals surface area contributed by atoms with E-state index in [-0.39, 0.29) is 11.9 Å². The zero-order chi connectivity index (χ0) is 7.56. The van der Waals surface area contributed by atoms with Gasteiger partial charge in [-0.2, -0.15) is 0 Å². The molecule has 1 fully saturated rings. The molecule has 0 spiro atoms. The largest absolute Gasteiger partial charge is 0.368 e. The number of piperazine rings is 1. The van der Waals surface area contributed by atoms with E-state index in [9.17, 15) is 4.79 Å². The topological polar surface area (TPSA) is 58.4 Å². The van der Waals surface area contributed by atoms with E-state index in [1.54, 1.807) is 0 Å². The van der Waals surface area contributed by atoms with Gasteiger partial charge in [-0.25, -0.2) is 0 Å². The van der Waals surface area contributed by atoms with Crippen LogP contribution in [0, 0.1) is 0 Å². The maximum Gasteiger partial charge on any atom is 0.235 e. The highest BCUT2D eigenvalue weighted by Crippen LogP contribution is 1.93. The molecule has 58 valence electrons. The number of hydrogen-bond acceptors (Lipinski definition) is 3. The van der Waals surface area contributed by atoms with Gasteiger partial charge in [-0.1, -0.05) is 0 Å². The zero-order valence-corrected chi connectivity index (χ0v) is 6.13. The molecule has 0 bridgehead atoms. The molecule has 1 heterocycles. The maximum atomic E-state index is 10.6. The first kappa shape index (κ1) is 7.50. The Hall–Kier alpha value is -0.610. The molecule has 0 saturated carbocycles. The fraction of sp³-hybridized carbons (Fsp3) is 0.833. The SMILES string of the molecule is CN1CCN[C@@H](C(N)=O)C1. The summed E-state index contributed by atoms with van der Waals surface area (Å²) in [5.41, 5.74) is 5.10. The van der Waals surface area contributed by atoms with Gasteiger partial charge in [0, 0.05) is 19.6 Å². The van der Waals surface area contributed by atoms with Crippen molar-refractivity contribution in [2.45, 2.75) is 6.04 Å².